The van der Waals surface area contributed by atoms with Crippen LogP contribution in [0.5, 0.6) is 0 Å². The molecule has 1 aliphatic carbocycles. The summed E-state index contributed by atoms with van der Waals surface area (Å²) < 4.78 is 1.75. The number of urea groups is 1. The molecule has 0 aliphatic heterocycles. The summed E-state index contributed by atoms with van der Waals surface area (Å²) in [5, 5.41) is 10.00. The quantitative estimate of drug-likeness (QED) is 0.915. The van der Waals surface area contributed by atoms with Gasteiger partial charge in [0.2, 0.25) is 0 Å². The van der Waals surface area contributed by atoms with Gasteiger partial charge in [0.25, 0.3) is 0 Å². The van der Waals surface area contributed by atoms with Gasteiger partial charge in [0.05, 0.1) is 6.20 Å². The molecular weight excluding hydrogens is 278 g/mol. The van der Waals surface area contributed by atoms with Crippen LogP contribution in [0.1, 0.15) is 32.1 Å². The van der Waals surface area contributed by atoms with Gasteiger partial charge in [-0.15, -0.1) is 0 Å². The van der Waals surface area contributed by atoms with E-state index in [2.05, 4.69) is 20.7 Å². The van der Waals surface area contributed by atoms with Gasteiger partial charge in [0.15, 0.2) is 0 Å². The number of carbonyl (C=O) groups excluding carboxylic acids is 1. The Morgan fingerprint density at radius 1 is 1.27 bits per heavy atom. The monoisotopic (exact) mass is 299 g/mol. The summed E-state index contributed by atoms with van der Waals surface area (Å²) in [6.45, 7) is 0. The highest BCUT2D eigenvalue weighted by atomic mass is 16.2. The smallest absolute Gasteiger partial charge is 0.320 e. The lowest BCUT2D eigenvalue weighted by Crippen LogP contribution is -2.39. The molecule has 0 unspecified atom stereocenters. The maximum atomic E-state index is 12.1. The van der Waals surface area contributed by atoms with E-state index in [9.17, 15) is 4.79 Å². The Labute approximate surface area is 129 Å². The fourth-order valence-corrected chi connectivity index (χ4v) is 2.83. The standard InChI is InChI=1S/C16H21N5O/c1-21-11-13(10-18-21)12-7-8-17-15(9-12)20-16(22)19-14-5-3-2-4-6-14/h7-11,14H,2-6H2,1H3,(H2,17,19,20,22). The number of aromatic nitrogens is 3. The van der Waals surface area contributed by atoms with Crippen LogP contribution in [0, 0.1) is 0 Å². The second-order valence-electron chi connectivity index (χ2n) is 5.77. The van der Waals surface area contributed by atoms with E-state index in [0.29, 0.717) is 5.82 Å². The molecule has 3 rings (SSSR count). The lowest BCUT2D eigenvalue weighted by molar-refractivity contribution is 0.244. The number of carbonyl (C=O) groups is 1. The number of hydrogen-bond donors (Lipinski definition) is 2. The van der Waals surface area contributed by atoms with Crippen molar-refractivity contribution in [2.75, 3.05) is 5.32 Å². The van der Waals surface area contributed by atoms with Gasteiger partial charge in [0.1, 0.15) is 5.82 Å². The number of pyridine rings is 1. The fraction of sp³-hybridized carbons (Fsp3) is 0.438. The molecule has 6 heteroatoms. The van der Waals surface area contributed by atoms with Crippen molar-refractivity contribution in [2.45, 2.75) is 38.1 Å². The van der Waals surface area contributed by atoms with Crippen molar-refractivity contribution >= 4 is 11.8 Å². The van der Waals surface area contributed by atoms with E-state index >= 15 is 0 Å². The predicted molar refractivity (Wildman–Crippen MR) is 85.5 cm³/mol. The molecule has 6 nitrogen and oxygen atoms in total. The van der Waals surface area contributed by atoms with Gasteiger partial charge in [-0.3, -0.25) is 10.00 Å². The van der Waals surface area contributed by atoms with Gasteiger partial charge in [-0.25, -0.2) is 9.78 Å². The molecule has 0 saturated heterocycles. The third-order valence-corrected chi connectivity index (χ3v) is 3.98. The molecule has 0 aromatic carbocycles. The van der Waals surface area contributed by atoms with Gasteiger partial charge >= 0.3 is 6.03 Å². The maximum Gasteiger partial charge on any atom is 0.320 e. The van der Waals surface area contributed by atoms with Gasteiger partial charge in [0, 0.05) is 31.0 Å². The van der Waals surface area contributed by atoms with Crippen LogP contribution in [0.3, 0.4) is 0 Å². The molecular formula is C16H21N5O. The first-order valence-corrected chi connectivity index (χ1v) is 7.73. The Morgan fingerprint density at radius 3 is 2.82 bits per heavy atom. The maximum absolute atomic E-state index is 12.1. The number of rotatable bonds is 3. The minimum absolute atomic E-state index is 0.178. The van der Waals surface area contributed by atoms with E-state index in [1.807, 2.05) is 25.4 Å². The van der Waals surface area contributed by atoms with E-state index in [1.54, 1.807) is 17.1 Å². The first kappa shape index (κ1) is 14.6. The molecule has 116 valence electrons. The minimum Gasteiger partial charge on any atom is -0.335 e. The highest BCUT2D eigenvalue weighted by Gasteiger charge is 2.15. The second-order valence-corrected chi connectivity index (χ2v) is 5.77. The molecule has 1 aliphatic rings. The molecule has 2 heterocycles. The average Bonchev–Trinajstić information content (AvgIpc) is 2.95. The van der Waals surface area contributed by atoms with Gasteiger partial charge in [-0.2, -0.15) is 5.10 Å². The molecule has 2 aromatic rings. The summed E-state index contributed by atoms with van der Waals surface area (Å²) in [7, 11) is 1.88. The lowest BCUT2D eigenvalue weighted by atomic mass is 9.96. The van der Waals surface area contributed by atoms with Crippen molar-refractivity contribution in [3.05, 3.63) is 30.7 Å². The fourth-order valence-electron chi connectivity index (χ4n) is 2.83. The molecule has 0 atom stereocenters. The topological polar surface area (TPSA) is 71.8 Å². The Kier molecular flexibility index (Phi) is 4.37. The predicted octanol–water partition coefficient (Wildman–Crippen LogP) is 2.94. The Balaban J connectivity index is 1.63. The summed E-state index contributed by atoms with van der Waals surface area (Å²) in [4.78, 5) is 16.3. The largest absolute Gasteiger partial charge is 0.335 e. The lowest BCUT2D eigenvalue weighted by Gasteiger charge is -2.22. The normalized spacial score (nSPS) is 15.5. The molecule has 22 heavy (non-hydrogen) atoms. The Hall–Kier alpha value is -2.37. The zero-order valence-electron chi connectivity index (χ0n) is 12.7. The first-order chi connectivity index (χ1) is 10.7. The SMILES string of the molecule is Cn1cc(-c2ccnc(NC(=O)NC3CCCCC3)c2)cn1. The highest BCUT2D eigenvalue weighted by molar-refractivity contribution is 5.89. The number of anilines is 1. The molecule has 1 saturated carbocycles. The van der Waals surface area contributed by atoms with E-state index in [1.165, 1.54) is 19.3 Å². The van der Waals surface area contributed by atoms with Crippen LogP contribution < -0.4 is 10.6 Å². The van der Waals surface area contributed by atoms with Crippen LogP contribution in [0.2, 0.25) is 0 Å². The third kappa shape index (κ3) is 3.63. The zero-order valence-corrected chi connectivity index (χ0v) is 12.7. The summed E-state index contributed by atoms with van der Waals surface area (Å²) in [5.41, 5.74) is 1.98. The summed E-state index contributed by atoms with van der Waals surface area (Å²) >= 11 is 0. The van der Waals surface area contributed by atoms with E-state index in [-0.39, 0.29) is 12.1 Å². The van der Waals surface area contributed by atoms with Crippen LogP contribution in [-0.4, -0.2) is 26.8 Å². The average molecular weight is 299 g/mol. The molecule has 2 aromatic heterocycles. The van der Waals surface area contributed by atoms with Crippen molar-refractivity contribution in [1.82, 2.24) is 20.1 Å². The van der Waals surface area contributed by atoms with Crippen LogP contribution in [-0.2, 0) is 7.05 Å². The minimum atomic E-state index is -0.178. The van der Waals surface area contributed by atoms with Gasteiger partial charge < -0.3 is 5.32 Å². The van der Waals surface area contributed by atoms with Crippen molar-refractivity contribution < 1.29 is 4.79 Å². The highest BCUT2D eigenvalue weighted by Crippen LogP contribution is 2.21. The van der Waals surface area contributed by atoms with E-state index in [4.69, 9.17) is 0 Å². The first-order valence-electron chi connectivity index (χ1n) is 7.73. The van der Waals surface area contributed by atoms with Crippen molar-refractivity contribution in [3.8, 4) is 11.1 Å². The van der Waals surface area contributed by atoms with Crippen molar-refractivity contribution in [3.63, 3.8) is 0 Å². The van der Waals surface area contributed by atoms with Crippen molar-refractivity contribution in [1.29, 1.82) is 0 Å². The van der Waals surface area contributed by atoms with Crippen LogP contribution in [0.15, 0.2) is 30.7 Å². The molecule has 0 bridgehead atoms. The molecule has 0 radical (unpaired) electrons. The van der Waals surface area contributed by atoms with Gasteiger partial charge in [-0.1, -0.05) is 19.3 Å². The van der Waals surface area contributed by atoms with Crippen molar-refractivity contribution in [2.24, 2.45) is 7.05 Å². The van der Waals surface area contributed by atoms with Gasteiger partial charge in [-0.05, 0) is 30.5 Å². The van der Waals surface area contributed by atoms with E-state index in [0.717, 1.165) is 24.0 Å². The van der Waals surface area contributed by atoms with Crippen LogP contribution >= 0.6 is 0 Å². The molecule has 0 spiro atoms. The van der Waals surface area contributed by atoms with Crippen LogP contribution in [0.4, 0.5) is 10.6 Å². The Bertz CT molecular complexity index is 645. The number of amides is 2. The second kappa shape index (κ2) is 6.60. The molecule has 2 amide bonds. The number of nitrogens with zero attached hydrogens (tertiary/aromatic N) is 3. The number of hydrogen-bond acceptors (Lipinski definition) is 3. The molecule has 2 N–H and O–H groups in total. The van der Waals surface area contributed by atoms with Crippen LogP contribution in [0.25, 0.3) is 11.1 Å². The van der Waals surface area contributed by atoms with E-state index < -0.39 is 0 Å². The summed E-state index contributed by atoms with van der Waals surface area (Å²) in [5.74, 6) is 0.551. The summed E-state index contributed by atoms with van der Waals surface area (Å²) in [6, 6.07) is 3.87. The molecule has 1 fully saturated rings. The number of nitrogens with one attached hydrogen (secondary N) is 2. The number of aryl methyl sites for hydroxylation is 1. The zero-order chi connectivity index (χ0) is 15.4. The third-order valence-electron chi connectivity index (χ3n) is 3.98. The Morgan fingerprint density at radius 2 is 2.09 bits per heavy atom. The summed E-state index contributed by atoms with van der Waals surface area (Å²) in [6.07, 6.45) is 11.2.